The van der Waals surface area contributed by atoms with Gasteiger partial charge in [0.05, 0.1) is 5.69 Å². The minimum Gasteiger partial charge on any atom is -0.480 e. The Morgan fingerprint density at radius 1 is 1.19 bits per heavy atom. The van der Waals surface area contributed by atoms with Gasteiger partial charge in [-0.05, 0) is 12.1 Å². The van der Waals surface area contributed by atoms with Crippen molar-refractivity contribution in [2.75, 3.05) is 25.1 Å². The molecular weight excluding hydrogens is 295 g/mol. The second-order valence-corrected chi connectivity index (χ2v) is 3.83. The maximum absolute atomic E-state index is 11.8. The van der Waals surface area contributed by atoms with E-state index in [1.54, 1.807) is 12.1 Å². The lowest BCUT2D eigenvalue weighted by Crippen LogP contribution is -2.24. The lowest BCUT2D eigenvalue weighted by molar-refractivity contribution is -0.174. The first-order chi connectivity index (χ1) is 9.78. The second kappa shape index (κ2) is 7.48. The molecule has 21 heavy (non-hydrogen) atoms. The van der Waals surface area contributed by atoms with Gasteiger partial charge < -0.3 is 19.9 Å². The van der Waals surface area contributed by atoms with Crippen LogP contribution in [0.4, 0.5) is 18.9 Å². The molecule has 0 spiro atoms. The van der Waals surface area contributed by atoms with Crippen LogP contribution in [0.5, 0.6) is 5.75 Å². The van der Waals surface area contributed by atoms with Crippen LogP contribution in [0.25, 0.3) is 0 Å². The third-order valence-corrected chi connectivity index (χ3v) is 2.01. The van der Waals surface area contributed by atoms with Gasteiger partial charge in [-0.1, -0.05) is 12.1 Å². The first kappa shape index (κ1) is 16.8. The highest BCUT2D eigenvalue weighted by Crippen LogP contribution is 2.23. The van der Waals surface area contributed by atoms with Crippen molar-refractivity contribution < 1.29 is 37.3 Å². The zero-order valence-electron chi connectivity index (χ0n) is 10.6. The largest absolute Gasteiger partial charge is 0.480 e. The summed E-state index contributed by atoms with van der Waals surface area (Å²) in [4.78, 5) is 21.8. The first-order valence-corrected chi connectivity index (χ1v) is 5.66. The quantitative estimate of drug-likeness (QED) is 0.800. The van der Waals surface area contributed by atoms with Gasteiger partial charge in [0.1, 0.15) is 19.0 Å². The summed E-state index contributed by atoms with van der Waals surface area (Å²) < 4.78 is 44.6. The van der Waals surface area contributed by atoms with Crippen molar-refractivity contribution in [3.63, 3.8) is 0 Å². The van der Waals surface area contributed by atoms with Crippen LogP contribution in [0, 0.1) is 0 Å². The SMILES string of the molecule is O=C(O)COc1ccccc1NC(=O)COCC(F)(F)F. The number of rotatable bonds is 7. The summed E-state index contributed by atoms with van der Waals surface area (Å²) in [6, 6.07) is 5.92. The van der Waals surface area contributed by atoms with Gasteiger partial charge in [0.15, 0.2) is 6.61 Å². The first-order valence-electron chi connectivity index (χ1n) is 5.66. The molecule has 6 nitrogen and oxygen atoms in total. The molecule has 0 aliphatic rings. The molecule has 0 aliphatic heterocycles. The Hall–Kier alpha value is -2.29. The molecule has 0 unspecified atom stereocenters. The summed E-state index contributed by atoms with van der Waals surface area (Å²) >= 11 is 0. The van der Waals surface area contributed by atoms with Crippen LogP contribution in [-0.4, -0.2) is 43.0 Å². The van der Waals surface area contributed by atoms with Gasteiger partial charge in [-0.2, -0.15) is 13.2 Å². The van der Waals surface area contributed by atoms with E-state index in [1.807, 2.05) is 0 Å². The van der Waals surface area contributed by atoms with Crippen LogP contribution in [0.1, 0.15) is 0 Å². The monoisotopic (exact) mass is 307 g/mol. The molecule has 2 N–H and O–H groups in total. The predicted octanol–water partition coefficient (Wildman–Crippen LogP) is 1.67. The molecule has 0 bridgehead atoms. The molecule has 1 rings (SSSR count). The van der Waals surface area contributed by atoms with Crippen molar-refractivity contribution in [3.8, 4) is 5.75 Å². The number of amides is 1. The number of alkyl halides is 3. The standard InChI is InChI=1S/C12H12F3NO5/c13-12(14,15)7-20-5-10(17)16-8-3-1-2-4-9(8)21-6-11(18)19/h1-4H,5-7H2,(H,16,17)(H,18,19). The molecule has 0 aliphatic carbocycles. The molecule has 1 aromatic rings. The molecule has 0 heterocycles. The molecule has 0 saturated heterocycles. The Kier molecular flexibility index (Phi) is 5.97. The average molecular weight is 307 g/mol. The van der Waals surface area contributed by atoms with Crippen LogP contribution < -0.4 is 10.1 Å². The summed E-state index contributed by atoms with van der Waals surface area (Å²) in [6.07, 6.45) is -4.51. The third kappa shape index (κ3) is 7.16. The van der Waals surface area contributed by atoms with E-state index in [2.05, 4.69) is 10.1 Å². The predicted molar refractivity (Wildman–Crippen MR) is 65.1 cm³/mol. The van der Waals surface area contributed by atoms with E-state index in [0.717, 1.165) is 0 Å². The normalized spacial score (nSPS) is 11.0. The zero-order valence-corrected chi connectivity index (χ0v) is 10.6. The fourth-order valence-corrected chi connectivity index (χ4v) is 1.28. The van der Waals surface area contributed by atoms with Gasteiger partial charge in [0.25, 0.3) is 0 Å². The van der Waals surface area contributed by atoms with E-state index in [4.69, 9.17) is 9.84 Å². The lowest BCUT2D eigenvalue weighted by Gasteiger charge is -2.12. The molecule has 1 aromatic carbocycles. The Bertz CT molecular complexity index is 504. The molecule has 116 valence electrons. The number of carbonyl (C=O) groups excluding carboxylic acids is 1. The van der Waals surface area contributed by atoms with Crippen molar-refractivity contribution >= 4 is 17.6 Å². The van der Waals surface area contributed by atoms with Gasteiger partial charge >= 0.3 is 12.1 Å². The van der Waals surface area contributed by atoms with E-state index in [1.165, 1.54) is 12.1 Å². The van der Waals surface area contributed by atoms with Crippen LogP contribution in [0.15, 0.2) is 24.3 Å². The van der Waals surface area contributed by atoms with Gasteiger partial charge in [-0.25, -0.2) is 4.79 Å². The number of carboxylic acid groups (broad SMARTS) is 1. The van der Waals surface area contributed by atoms with Crippen molar-refractivity contribution in [1.82, 2.24) is 0 Å². The number of hydrogen-bond donors (Lipinski definition) is 2. The number of nitrogens with one attached hydrogen (secondary N) is 1. The smallest absolute Gasteiger partial charge is 0.411 e. The van der Waals surface area contributed by atoms with Crippen LogP contribution in [-0.2, 0) is 14.3 Å². The van der Waals surface area contributed by atoms with Gasteiger partial charge in [0, 0.05) is 0 Å². The van der Waals surface area contributed by atoms with Crippen molar-refractivity contribution in [2.45, 2.75) is 6.18 Å². The second-order valence-electron chi connectivity index (χ2n) is 3.83. The minimum atomic E-state index is -4.51. The highest BCUT2D eigenvalue weighted by Gasteiger charge is 2.27. The van der Waals surface area contributed by atoms with E-state index in [9.17, 15) is 22.8 Å². The summed E-state index contributed by atoms with van der Waals surface area (Å²) in [7, 11) is 0. The van der Waals surface area contributed by atoms with Gasteiger partial charge in [0.2, 0.25) is 5.91 Å². The van der Waals surface area contributed by atoms with E-state index < -0.39 is 37.9 Å². The minimum absolute atomic E-state index is 0.0871. The summed E-state index contributed by atoms with van der Waals surface area (Å²) in [5, 5.41) is 10.8. The van der Waals surface area contributed by atoms with Crippen LogP contribution in [0.2, 0.25) is 0 Å². The highest BCUT2D eigenvalue weighted by atomic mass is 19.4. The fraction of sp³-hybridized carbons (Fsp3) is 0.333. The molecule has 0 saturated carbocycles. The number of aliphatic carboxylic acids is 1. The number of para-hydroxylation sites is 2. The molecule has 0 fully saturated rings. The number of anilines is 1. The van der Waals surface area contributed by atoms with Crippen molar-refractivity contribution in [1.29, 1.82) is 0 Å². The van der Waals surface area contributed by atoms with Gasteiger partial charge in [-0.15, -0.1) is 0 Å². The Labute approximate surface area is 117 Å². The summed E-state index contributed by atoms with van der Waals surface area (Å²) in [6.45, 7) is -2.93. The zero-order chi connectivity index (χ0) is 15.9. The Balaban J connectivity index is 2.53. The Morgan fingerprint density at radius 3 is 2.48 bits per heavy atom. The number of benzene rings is 1. The van der Waals surface area contributed by atoms with Crippen molar-refractivity contribution in [3.05, 3.63) is 24.3 Å². The van der Waals surface area contributed by atoms with Gasteiger partial charge in [-0.3, -0.25) is 4.79 Å². The van der Waals surface area contributed by atoms with Crippen LogP contribution >= 0.6 is 0 Å². The van der Waals surface area contributed by atoms with Crippen molar-refractivity contribution in [2.24, 2.45) is 0 Å². The number of hydrogen-bond acceptors (Lipinski definition) is 4. The maximum Gasteiger partial charge on any atom is 0.411 e. The number of carboxylic acids is 1. The summed E-state index contributed by atoms with van der Waals surface area (Å²) in [5.41, 5.74) is 0.138. The molecule has 9 heteroatoms. The number of halogens is 3. The molecule has 0 aromatic heterocycles. The maximum atomic E-state index is 11.8. The lowest BCUT2D eigenvalue weighted by atomic mass is 10.3. The number of ether oxygens (including phenoxy) is 2. The van der Waals surface area contributed by atoms with E-state index >= 15 is 0 Å². The molecular formula is C12H12F3NO5. The molecule has 0 radical (unpaired) electrons. The van der Waals surface area contributed by atoms with E-state index in [0.29, 0.717) is 0 Å². The fourth-order valence-electron chi connectivity index (χ4n) is 1.28. The third-order valence-electron chi connectivity index (χ3n) is 2.01. The van der Waals surface area contributed by atoms with E-state index in [-0.39, 0.29) is 11.4 Å². The van der Waals surface area contributed by atoms with Crippen LogP contribution in [0.3, 0.4) is 0 Å². The highest BCUT2D eigenvalue weighted by molar-refractivity contribution is 5.93. The Morgan fingerprint density at radius 2 is 1.86 bits per heavy atom. The average Bonchev–Trinajstić information content (AvgIpc) is 2.36. The molecule has 1 amide bonds. The number of carbonyl (C=O) groups is 2. The topological polar surface area (TPSA) is 84.9 Å². The summed E-state index contributed by atoms with van der Waals surface area (Å²) in [5.74, 6) is -1.93. The molecule has 0 atom stereocenters.